The zero-order valence-corrected chi connectivity index (χ0v) is 9.07. The van der Waals surface area contributed by atoms with Crippen molar-refractivity contribution in [2.45, 2.75) is 45.6 Å². The Bertz CT molecular complexity index is 195. The highest BCUT2D eigenvalue weighted by atomic mass is 16.4. The van der Waals surface area contributed by atoms with Gasteiger partial charge in [0, 0.05) is 0 Å². The summed E-state index contributed by atoms with van der Waals surface area (Å²) in [6.07, 6.45) is 4.21. The molecule has 14 heavy (non-hydrogen) atoms. The van der Waals surface area contributed by atoms with Crippen LogP contribution in [0.1, 0.15) is 39.5 Å². The van der Waals surface area contributed by atoms with E-state index in [0.29, 0.717) is 12.3 Å². The largest absolute Gasteiger partial charge is 0.480 e. The first-order chi connectivity index (χ1) is 6.49. The fourth-order valence-electron chi connectivity index (χ4n) is 2.77. The van der Waals surface area contributed by atoms with Crippen molar-refractivity contribution in [3.8, 4) is 0 Å². The van der Waals surface area contributed by atoms with Crippen molar-refractivity contribution in [1.82, 2.24) is 0 Å². The van der Waals surface area contributed by atoms with Gasteiger partial charge in [0.15, 0.2) is 0 Å². The third kappa shape index (κ3) is 3.29. The molecule has 0 aliphatic heterocycles. The molecule has 1 aliphatic rings. The lowest BCUT2D eigenvalue weighted by atomic mass is 9.74. The standard InChI is InChI=1S/C11H21NO2/c1-7-3-8(2)5-9(4-7)6-10(12)11(13)14/h7-10H,3-6,12H2,1-2H3,(H,13,14)/t7?,8?,9?,10-/m1/s1. The summed E-state index contributed by atoms with van der Waals surface area (Å²) in [4.78, 5) is 10.6. The fourth-order valence-corrected chi connectivity index (χ4v) is 2.77. The van der Waals surface area contributed by atoms with Crippen molar-refractivity contribution in [2.24, 2.45) is 23.5 Å². The maximum Gasteiger partial charge on any atom is 0.320 e. The van der Waals surface area contributed by atoms with E-state index in [1.165, 1.54) is 6.42 Å². The molecule has 0 aromatic rings. The number of nitrogens with two attached hydrogens (primary N) is 1. The SMILES string of the molecule is CC1CC(C)CC(C[C@@H](N)C(=O)O)C1. The van der Waals surface area contributed by atoms with E-state index >= 15 is 0 Å². The molecule has 0 amide bonds. The highest BCUT2D eigenvalue weighted by molar-refractivity contribution is 5.73. The van der Waals surface area contributed by atoms with E-state index in [4.69, 9.17) is 10.8 Å². The minimum atomic E-state index is -0.865. The maximum atomic E-state index is 10.6. The van der Waals surface area contributed by atoms with Crippen LogP contribution in [-0.2, 0) is 4.79 Å². The molecule has 1 aliphatic carbocycles. The Hall–Kier alpha value is -0.570. The molecule has 0 aromatic carbocycles. The van der Waals surface area contributed by atoms with Crippen LogP contribution in [0.4, 0.5) is 0 Å². The molecule has 1 fully saturated rings. The third-order valence-electron chi connectivity index (χ3n) is 3.18. The molecule has 3 atom stereocenters. The van der Waals surface area contributed by atoms with Gasteiger partial charge in [0.1, 0.15) is 6.04 Å². The minimum Gasteiger partial charge on any atom is -0.480 e. The number of carboxylic acid groups (broad SMARTS) is 1. The van der Waals surface area contributed by atoms with Crippen molar-refractivity contribution in [1.29, 1.82) is 0 Å². The summed E-state index contributed by atoms with van der Waals surface area (Å²) in [5.41, 5.74) is 5.54. The Kier molecular flexibility index (Phi) is 3.93. The predicted octanol–water partition coefficient (Wildman–Crippen LogP) is 1.86. The van der Waals surface area contributed by atoms with Gasteiger partial charge in [-0.25, -0.2) is 0 Å². The Morgan fingerprint density at radius 3 is 2.29 bits per heavy atom. The molecule has 0 radical (unpaired) electrons. The lowest BCUT2D eigenvalue weighted by Crippen LogP contribution is -2.34. The van der Waals surface area contributed by atoms with Crippen molar-refractivity contribution in [2.75, 3.05) is 0 Å². The number of rotatable bonds is 3. The van der Waals surface area contributed by atoms with Crippen LogP contribution in [0.25, 0.3) is 0 Å². The van der Waals surface area contributed by atoms with Gasteiger partial charge in [0.25, 0.3) is 0 Å². The molecule has 3 heteroatoms. The molecule has 3 nitrogen and oxygen atoms in total. The van der Waals surface area contributed by atoms with E-state index in [1.54, 1.807) is 0 Å². The normalized spacial score (nSPS) is 35.2. The summed E-state index contributed by atoms with van der Waals surface area (Å²) in [5, 5.41) is 8.72. The van der Waals surface area contributed by atoms with Gasteiger partial charge >= 0.3 is 5.97 Å². The highest BCUT2D eigenvalue weighted by Crippen LogP contribution is 2.34. The Balaban J connectivity index is 2.40. The summed E-state index contributed by atoms with van der Waals surface area (Å²) >= 11 is 0. The first-order valence-corrected chi connectivity index (χ1v) is 5.47. The van der Waals surface area contributed by atoms with Crippen molar-refractivity contribution in [3.63, 3.8) is 0 Å². The van der Waals surface area contributed by atoms with Gasteiger partial charge in [0.2, 0.25) is 0 Å². The molecule has 1 saturated carbocycles. The average Bonchev–Trinajstić information content (AvgIpc) is 2.01. The molecule has 2 unspecified atom stereocenters. The lowest BCUT2D eigenvalue weighted by molar-refractivity contribution is -0.139. The molecular formula is C11H21NO2. The molecule has 0 heterocycles. The number of carbonyl (C=O) groups is 1. The molecule has 0 saturated heterocycles. The molecule has 0 aromatic heterocycles. The molecular weight excluding hydrogens is 178 g/mol. The Morgan fingerprint density at radius 1 is 1.36 bits per heavy atom. The second-order valence-electron chi connectivity index (χ2n) is 4.96. The molecule has 0 spiro atoms. The van der Waals surface area contributed by atoms with Gasteiger partial charge in [-0.1, -0.05) is 13.8 Å². The van der Waals surface area contributed by atoms with Crippen molar-refractivity contribution < 1.29 is 9.90 Å². The van der Waals surface area contributed by atoms with Crippen LogP contribution in [0.15, 0.2) is 0 Å². The third-order valence-corrected chi connectivity index (χ3v) is 3.18. The van der Waals surface area contributed by atoms with E-state index in [9.17, 15) is 4.79 Å². The Morgan fingerprint density at radius 2 is 1.86 bits per heavy atom. The molecule has 3 N–H and O–H groups in total. The van der Waals surface area contributed by atoms with Gasteiger partial charge in [-0.15, -0.1) is 0 Å². The maximum absolute atomic E-state index is 10.6. The molecule has 1 rings (SSSR count). The van der Waals surface area contributed by atoms with Gasteiger partial charge in [-0.2, -0.15) is 0 Å². The van der Waals surface area contributed by atoms with E-state index in [-0.39, 0.29) is 0 Å². The van der Waals surface area contributed by atoms with Gasteiger partial charge < -0.3 is 10.8 Å². The fraction of sp³-hybridized carbons (Fsp3) is 0.909. The van der Waals surface area contributed by atoms with Gasteiger partial charge in [-0.05, 0) is 43.4 Å². The van der Waals surface area contributed by atoms with E-state index < -0.39 is 12.0 Å². The quantitative estimate of drug-likeness (QED) is 0.729. The number of aliphatic carboxylic acids is 1. The topological polar surface area (TPSA) is 63.3 Å². The minimum absolute atomic E-state index is 0.514. The van der Waals surface area contributed by atoms with Crippen LogP contribution < -0.4 is 5.73 Å². The van der Waals surface area contributed by atoms with Crippen LogP contribution >= 0.6 is 0 Å². The van der Waals surface area contributed by atoms with Gasteiger partial charge in [-0.3, -0.25) is 4.79 Å². The van der Waals surface area contributed by atoms with Crippen LogP contribution in [0.5, 0.6) is 0 Å². The number of hydrogen-bond acceptors (Lipinski definition) is 2. The van der Waals surface area contributed by atoms with Crippen molar-refractivity contribution in [3.05, 3.63) is 0 Å². The Labute approximate surface area is 85.7 Å². The first-order valence-electron chi connectivity index (χ1n) is 5.47. The second kappa shape index (κ2) is 4.78. The lowest BCUT2D eigenvalue weighted by Gasteiger charge is -2.32. The smallest absolute Gasteiger partial charge is 0.320 e. The highest BCUT2D eigenvalue weighted by Gasteiger charge is 2.26. The van der Waals surface area contributed by atoms with E-state index in [1.807, 2.05) is 0 Å². The summed E-state index contributed by atoms with van der Waals surface area (Å²) < 4.78 is 0. The van der Waals surface area contributed by atoms with Gasteiger partial charge in [0.05, 0.1) is 0 Å². The zero-order chi connectivity index (χ0) is 10.7. The van der Waals surface area contributed by atoms with E-state index in [0.717, 1.165) is 24.7 Å². The molecule has 0 bridgehead atoms. The predicted molar refractivity (Wildman–Crippen MR) is 55.9 cm³/mol. The summed E-state index contributed by atoms with van der Waals surface area (Å²) in [6, 6.07) is -0.669. The monoisotopic (exact) mass is 199 g/mol. The molecule has 82 valence electrons. The number of carboxylic acids is 1. The second-order valence-corrected chi connectivity index (χ2v) is 4.96. The first kappa shape index (κ1) is 11.5. The van der Waals surface area contributed by atoms with E-state index in [2.05, 4.69) is 13.8 Å². The summed E-state index contributed by atoms with van der Waals surface area (Å²) in [5.74, 6) is 1.10. The van der Waals surface area contributed by atoms with Crippen LogP contribution in [0, 0.1) is 17.8 Å². The van der Waals surface area contributed by atoms with Crippen LogP contribution in [-0.4, -0.2) is 17.1 Å². The van der Waals surface area contributed by atoms with Crippen LogP contribution in [0.2, 0.25) is 0 Å². The van der Waals surface area contributed by atoms with Crippen LogP contribution in [0.3, 0.4) is 0 Å². The van der Waals surface area contributed by atoms with Crippen molar-refractivity contribution >= 4 is 5.97 Å². The zero-order valence-electron chi connectivity index (χ0n) is 9.07. The summed E-state index contributed by atoms with van der Waals surface area (Å²) in [7, 11) is 0. The summed E-state index contributed by atoms with van der Waals surface area (Å²) in [6.45, 7) is 4.49. The number of hydrogen-bond donors (Lipinski definition) is 2. The average molecular weight is 199 g/mol.